The molecule has 1 aromatic carbocycles. The van der Waals surface area contributed by atoms with Crippen LogP contribution < -0.4 is 5.69 Å². The van der Waals surface area contributed by atoms with E-state index in [1.807, 2.05) is 28.5 Å². The molecule has 7 heteroatoms. The number of carbonyl (C=O) groups excluding carboxylic acids is 1. The van der Waals surface area contributed by atoms with Crippen molar-refractivity contribution in [2.45, 2.75) is 39.0 Å². The van der Waals surface area contributed by atoms with Crippen molar-refractivity contribution in [1.29, 1.82) is 0 Å². The molecule has 1 fully saturated rings. The predicted molar refractivity (Wildman–Crippen MR) is 115 cm³/mol. The van der Waals surface area contributed by atoms with E-state index >= 15 is 0 Å². The van der Waals surface area contributed by atoms with Gasteiger partial charge < -0.3 is 4.90 Å². The summed E-state index contributed by atoms with van der Waals surface area (Å²) in [4.78, 5) is 26.7. The van der Waals surface area contributed by atoms with E-state index in [1.54, 1.807) is 4.57 Å². The van der Waals surface area contributed by atoms with Crippen molar-refractivity contribution < 1.29 is 4.79 Å². The van der Waals surface area contributed by atoms with Gasteiger partial charge in [-0.2, -0.15) is 5.10 Å². The molecule has 1 saturated heterocycles. The van der Waals surface area contributed by atoms with Gasteiger partial charge in [0.1, 0.15) is 10.8 Å². The Hall–Kier alpha value is -2.67. The lowest BCUT2D eigenvalue weighted by molar-refractivity contribution is -0.132. The minimum atomic E-state index is -0.189. The Bertz CT molecular complexity index is 1010. The van der Waals surface area contributed by atoms with E-state index in [0.29, 0.717) is 12.3 Å². The lowest BCUT2D eigenvalue weighted by Crippen LogP contribution is -2.39. The fourth-order valence-electron chi connectivity index (χ4n) is 4.01. The van der Waals surface area contributed by atoms with Crippen LogP contribution >= 0.6 is 11.3 Å². The Labute approximate surface area is 174 Å². The number of aromatic amines is 1. The van der Waals surface area contributed by atoms with E-state index in [1.165, 1.54) is 22.5 Å². The zero-order chi connectivity index (χ0) is 20.2. The summed E-state index contributed by atoms with van der Waals surface area (Å²) in [7, 11) is 0. The van der Waals surface area contributed by atoms with Gasteiger partial charge in [0.15, 0.2) is 0 Å². The van der Waals surface area contributed by atoms with Gasteiger partial charge in [0.25, 0.3) is 0 Å². The van der Waals surface area contributed by atoms with Crippen LogP contribution in [0.25, 0.3) is 5.00 Å². The van der Waals surface area contributed by atoms with Crippen LogP contribution in [0.3, 0.4) is 0 Å². The first-order valence-electron chi connectivity index (χ1n) is 10.1. The molecular formula is C22H26N4O2S. The summed E-state index contributed by atoms with van der Waals surface area (Å²) in [5, 5.41) is 9.67. The van der Waals surface area contributed by atoms with Gasteiger partial charge in [-0.3, -0.25) is 4.79 Å². The molecule has 2 aromatic heterocycles. The SMILES string of the molecule is Cc1cccc(CCC(=O)N2CCC(Cc3n[nH]c(=O)n3-c3cccs3)CC2)c1. The average Bonchev–Trinajstić information content (AvgIpc) is 3.36. The van der Waals surface area contributed by atoms with Gasteiger partial charge in [-0.15, -0.1) is 11.3 Å². The van der Waals surface area contributed by atoms with Gasteiger partial charge in [-0.05, 0) is 55.2 Å². The molecule has 152 valence electrons. The molecule has 0 unspecified atom stereocenters. The molecule has 3 heterocycles. The van der Waals surface area contributed by atoms with Crippen LogP contribution in [0, 0.1) is 12.8 Å². The minimum Gasteiger partial charge on any atom is -0.343 e. The molecule has 3 aromatic rings. The highest BCUT2D eigenvalue weighted by Gasteiger charge is 2.25. The highest BCUT2D eigenvalue weighted by atomic mass is 32.1. The van der Waals surface area contributed by atoms with Crippen molar-refractivity contribution >= 4 is 17.2 Å². The van der Waals surface area contributed by atoms with Crippen molar-refractivity contribution in [3.05, 3.63) is 69.2 Å². The maximum absolute atomic E-state index is 12.6. The number of benzene rings is 1. The number of hydrogen-bond donors (Lipinski definition) is 1. The van der Waals surface area contributed by atoms with Crippen LogP contribution in [-0.4, -0.2) is 38.7 Å². The first-order valence-corrected chi connectivity index (χ1v) is 11.0. The van der Waals surface area contributed by atoms with Crippen molar-refractivity contribution in [2.24, 2.45) is 5.92 Å². The minimum absolute atomic E-state index is 0.189. The van der Waals surface area contributed by atoms with Crippen molar-refractivity contribution in [1.82, 2.24) is 19.7 Å². The number of nitrogens with one attached hydrogen (secondary N) is 1. The molecule has 1 amide bonds. The van der Waals surface area contributed by atoms with Gasteiger partial charge in [0, 0.05) is 25.9 Å². The van der Waals surface area contributed by atoms with E-state index in [0.717, 1.165) is 49.6 Å². The Kier molecular flexibility index (Phi) is 5.94. The Balaban J connectivity index is 1.30. The van der Waals surface area contributed by atoms with Crippen LogP contribution in [0.4, 0.5) is 0 Å². The number of rotatable bonds is 6. The molecule has 6 nitrogen and oxygen atoms in total. The molecule has 1 N–H and O–H groups in total. The number of aryl methyl sites for hydroxylation is 2. The van der Waals surface area contributed by atoms with Gasteiger partial charge in [0.05, 0.1) is 0 Å². The Morgan fingerprint density at radius 3 is 2.79 bits per heavy atom. The second-order valence-corrected chi connectivity index (χ2v) is 8.68. The van der Waals surface area contributed by atoms with Gasteiger partial charge in [0.2, 0.25) is 5.91 Å². The summed E-state index contributed by atoms with van der Waals surface area (Å²) >= 11 is 1.53. The fraction of sp³-hybridized carbons (Fsp3) is 0.409. The molecule has 1 aliphatic heterocycles. The van der Waals surface area contributed by atoms with Crippen LogP contribution in [-0.2, 0) is 17.6 Å². The molecule has 0 radical (unpaired) electrons. The molecule has 0 saturated carbocycles. The number of thiophene rings is 1. The summed E-state index contributed by atoms with van der Waals surface area (Å²) in [5.74, 6) is 1.45. The second kappa shape index (κ2) is 8.78. The Morgan fingerprint density at radius 1 is 1.24 bits per heavy atom. The van der Waals surface area contributed by atoms with E-state index < -0.39 is 0 Å². The third-order valence-electron chi connectivity index (χ3n) is 5.62. The van der Waals surface area contributed by atoms with Gasteiger partial charge in [-0.25, -0.2) is 14.5 Å². The number of aromatic nitrogens is 3. The van der Waals surface area contributed by atoms with Crippen LogP contribution in [0.2, 0.25) is 0 Å². The number of H-pyrrole nitrogens is 1. The summed E-state index contributed by atoms with van der Waals surface area (Å²) in [6, 6.07) is 12.2. The summed E-state index contributed by atoms with van der Waals surface area (Å²) in [6.07, 6.45) is 4.00. The lowest BCUT2D eigenvalue weighted by atomic mass is 9.93. The molecule has 1 aliphatic rings. The number of amides is 1. The first kappa shape index (κ1) is 19.6. The summed E-state index contributed by atoms with van der Waals surface area (Å²) < 4.78 is 1.67. The fourth-order valence-corrected chi connectivity index (χ4v) is 4.76. The van der Waals surface area contributed by atoms with E-state index in [2.05, 4.69) is 35.3 Å². The van der Waals surface area contributed by atoms with Crippen LogP contribution in [0.1, 0.15) is 36.2 Å². The number of likely N-dealkylation sites (tertiary alicyclic amines) is 1. The highest BCUT2D eigenvalue weighted by Crippen LogP contribution is 2.23. The van der Waals surface area contributed by atoms with Gasteiger partial charge >= 0.3 is 5.69 Å². The predicted octanol–water partition coefficient (Wildman–Crippen LogP) is 3.34. The van der Waals surface area contributed by atoms with Crippen molar-refractivity contribution in [3.8, 4) is 5.00 Å². The molecule has 0 spiro atoms. The standard InChI is InChI=1S/C22H26N4O2S/c1-16-4-2-5-17(14-16)7-8-20(27)25-11-9-18(10-12-25)15-19-23-24-22(28)26(19)21-6-3-13-29-21/h2-6,13-14,18H,7-12,15H2,1H3,(H,24,28). The zero-order valence-electron chi connectivity index (χ0n) is 16.6. The van der Waals surface area contributed by atoms with E-state index in [4.69, 9.17) is 0 Å². The number of hydrogen-bond acceptors (Lipinski definition) is 4. The first-order chi connectivity index (χ1) is 14.1. The number of carbonyl (C=O) groups is 1. The average molecular weight is 411 g/mol. The highest BCUT2D eigenvalue weighted by molar-refractivity contribution is 7.12. The zero-order valence-corrected chi connectivity index (χ0v) is 17.5. The lowest BCUT2D eigenvalue weighted by Gasteiger charge is -2.32. The maximum atomic E-state index is 12.6. The maximum Gasteiger partial charge on any atom is 0.348 e. The van der Waals surface area contributed by atoms with Gasteiger partial charge in [-0.1, -0.05) is 29.8 Å². The quantitative estimate of drug-likeness (QED) is 0.677. The second-order valence-electron chi connectivity index (χ2n) is 7.75. The monoisotopic (exact) mass is 410 g/mol. The molecule has 29 heavy (non-hydrogen) atoms. The van der Waals surface area contributed by atoms with Crippen LogP contribution in [0.5, 0.6) is 0 Å². The number of nitrogens with zero attached hydrogens (tertiary/aromatic N) is 3. The normalized spacial score (nSPS) is 15.0. The summed E-state index contributed by atoms with van der Waals surface area (Å²) in [6.45, 7) is 3.64. The third-order valence-corrected chi connectivity index (χ3v) is 6.47. The molecule has 0 aliphatic carbocycles. The summed E-state index contributed by atoms with van der Waals surface area (Å²) in [5.41, 5.74) is 2.26. The van der Waals surface area contributed by atoms with E-state index in [-0.39, 0.29) is 11.6 Å². The van der Waals surface area contributed by atoms with Crippen molar-refractivity contribution in [3.63, 3.8) is 0 Å². The Morgan fingerprint density at radius 2 is 2.07 bits per heavy atom. The van der Waals surface area contributed by atoms with E-state index in [9.17, 15) is 9.59 Å². The molecule has 0 bridgehead atoms. The molecule has 4 rings (SSSR count). The topological polar surface area (TPSA) is 71.0 Å². The van der Waals surface area contributed by atoms with Crippen molar-refractivity contribution in [2.75, 3.05) is 13.1 Å². The largest absolute Gasteiger partial charge is 0.348 e. The smallest absolute Gasteiger partial charge is 0.343 e. The van der Waals surface area contributed by atoms with Crippen LogP contribution in [0.15, 0.2) is 46.6 Å². The number of piperidine rings is 1. The molecular weight excluding hydrogens is 384 g/mol. The third kappa shape index (κ3) is 4.67. The molecule has 0 atom stereocenters.